The predicted molar refractivity (Wildman–Crippen MR) is 79.8 cm³/mol. The van der Waals surface area contributed by atoms with Crippen LogP contribution in [0, 0.1) is 21.8 Å². The van der Waals surface area contributed by atoms with Gasteiger partial charge in [0.25, 0.3) is 5.91 Å². The van der Waals surface area contributed by atoms with Crippen molar-refractivity contribution in [1.29, 1.82) is 0 Å². The average Bonchev–Trinajstić information content (AvgIpc) is 2.98. The minimum atomic E-state index is -0.739. The van der Waals surface area contributed by atoms with Crippen LogP contribution in [0.3, 0.4) is 0 Å². The molecule has 9 heteroatoms. The second kappa shape index (κ2) is 6.11. The van der Waals surface area contributed by atoms with Crippen LogP contribution < -0.4 is 5.32 Å². The largest absolute Gasteiger partial charge is 0.433 e. The van der Waals surface area contributed by atoms with Gasteiger partial charge in [-0.3, -0.25) is 19.7 Å². The summed E-state index contributed by atoms with van der Waals surface area (Å²) in [6, 6.07) is 8.09. The van der Waals surface area contributed by atoms with Crippen LogP contribution in [0.2, 0.25) is 0 Å². The molecule has 2 heterocycles. The monoisotopic (exact) mass is 333 g/mol. The summed E-state index contributed by atoms with van der Waals surface area (Å²) in [4.78, 5) is 35.2. The summed E-state index contributed by atoms with van der Waals surface area (Å²) in [5, 5.41) is 13.0. The Labute approximate surface area is 135 Å². The molecule has 124 valence electrons. The van der Waals surface area contributed by atoms with E-state index in [1.807, 2.05) is 0 Å². The van der Waals surface area contributed by atoms with Gasteiger partial charge in [-0.1, -0.05) is 12.1 Å². The Morgan fingerprint density at radius 1 is 1.25 bits per heavy atom. The van der Waals surface area contributed by atoms with Crippen LogP contribution in [0.25, 0.3) is 0 Å². The Bertz CT molecular complexity index is 813. The molecule has 2 aromatic rings. The lowest BCUT2D eigenvalue weighted by Gasteiger charge is -2.37. The smallest absolute Gasteiger partial charge is 0.395 e. The van der Waals surface area contributed by atoms with Crippen molar-refractivity contribution < 1.29 is 23.3 Å². The summed E-state index contributed by atoms with van der Waals surface area (Å²) in [6.07, 6.45) is 0. The zero-order valence-corrected chi connectivity index (χ0v) is 12.3. The number of hydrogen-bond acceptors (Lipinski definition) is 5. The summed E-state index contributed by atoms with van der Waals surface area (Å²) in [7, 11) is 0. The van der Waals surface area contributed by atoms with Gasteiger partial charge in [-0.25, -0.2) is 4.39 Å². The maximum Gasteiger partial charge on any atom is 0.433 e. The van der Waals surface area contributed by atoms with Gasteiger partial charge in [0, 0.05) is 13.1 Å². The highest BCUT2D eigenvalue weighted by Crippen LogP contribution is 2.24. The third kappa shape index (κ3) is 2.96. The number of carbonyl (C=O) groups excluding carboxylic acids is 2. The lowest BCUT2D eigenvalue weighted by Crippen LogP contribution is -2.54. The second-order valence-corrected chi connectivity index (χ2v) is 5.27. The van der Waals surface area contributed by atoms with E-state index in [2.05, 4.69) is 5.32 Å². The number of nitrogens with zero attached hydrogens (tertiary/aromatic N) is 2. The third-order valence-corrected chi connectivity index (χ3v) is 3.65. The van der Waals surface area contributed by atoms with Crippen molar-refractivity contribution in [3.8, 4) is 0 Å². The van der Waals surface area contributed by atoms with E-state index in [0.29, 0.717) is 0 Å². The lowest BCUT2D eigenvalue weighted by atomic mass is 9.98. The summed E-state index contributed by atoms with van der Waals surface area (Å²) in [5.74, 6) is -2.62. The molecular formula is C15H12FN3O5. The molecule has 0 saturated carbocycles. The molecule has 0 spiro atoms. The number of rotatable bonds is 4. The molecule has 0 bridgehead atoms. The van der Waals surface area contributed by atoms with Gasteiger partial charge in [-0.15, -0.1) is 0 Å². The molecule has 24 heavy (non-hydrogen) atoms. The molecule has 1 saturated heterocycles. The third-order valence-electron chi connectivity index (χ3n) is 3.65. The number of para-hydroxylation sites is 1. The first-order valence-corrected chi connectivity index (χ1v) is 7.04. The molecule has 1 N–H and O–H groups in total. The van der Waals surface area contributed by atoms with E-state index in [-0.39, 0.29) is 24.5 Å². The van der Waals surface area contributed by atoms with E-state index in [1.54, 1.807) is 6.07 Å². The van der Waals surface area contributed by atoms with E-state index in [4.69, 9.17) is 4.42 Å². The van der Waals surface area contributed by atoms with Crippen LogP contribution in [0.15, 0.2) is 40.8 Å². The van der Waals surface area contributed by atoms with Crippen molar-refractivity contribution in [1.82, 2.24) is 4.90 Å². The zero-order chi connectivity index (χ0) is 17.3. The van der Waals surface area contributed by atoms with Crippen LogP contribution in [0.4, 0.5) is 16.0 Å². The van der Waals surface area contributed by atoms with Crippen LogP contribution in [0.1, 0.15) is 10.6 Å². The van der Waals surface area contributed by atoms with Gasteiger partial charge in [0.05, 0.1) is 17.7 Å². The van der Waals surface area contributed by atoms with Crippen molar-refractivity contribution in [3.05, 3.63) is 58.1 Å². The van der Waals surface area contributed by atoms with Crippen molar-refractivity contribution in [3.63, 3.8) is 0 Å². The van der Waals surface area contributed by atoms with Crippen molar-refractivity contribution in [2.24, 2.45) is 5.92 Å². The standard InChI is InChI=1S/C15H12FN3O5/c16-10-3-1-2-4-11(10)17-14(20)9-7-18(8-9)15(21)12-5-6-13(24-12)19(22)23/h1-6,9H,7-8H2,(H,17,20). The molecule has 1 aromatic carbocycles. The predicted octanol–water partition coefficient (Wildman–Crippen LogP) is 2.04. The Morgan fingerprint density at radius 2 is 1.96 bits per heavy atom. The fourth-order valence-electron chi connectivity index (χ4n) is 2.30. The quantitative estimate of drug-likeness (QED) is 0.681. The first-order chi connectivity index (χ1) is 11.5. The fourth-order valence-corrected chi connectivity index (χ4v) is 2.30. The minimum Gasteiger partial charge on any atom is -0.395 e. The van der Waals surface area contributed by atoms with Gasteiger partial charge < -0.3 is 14.6 Å². The molecule has 1 fully saturated rings. The van der Waals surface area contributed by atoms with Crippen molar-refractivity contribution in [2.75, 3.05) is 18.4 Å². The maximum absolute atomic E-state index is 13.5. The maximum atomic E-state index is 13.5. The number of benzene rings is 1. The van der Waals surface area contributed by atoms with Crippen LogP contribution >= 0.6 is 0 Å². The van der Waals surface area contributed by atoms with Crippen molar-refractivity contribution in [2.45, 2.75) is 0 Å². The topological polar surface area (TPSA) is 106 Å². The Morgan fingerprint density at radius 3 is 2.58 bits per heavy atom. The fraction of sp³-hybridized carbons (Fsp3) is 0.200. The number of anilines is 1. The summed E-state index contributed by atoms with van der Waals surface area (Å²) in [6.45, 7) is 0.265. The Balaban J connectivity index is 1.56. The number of amides is 2. The molecule has 2 amide bonds. The highest BCUT2D eigenvalue weighted by atomic mass is 19.1. The van der Waals surface area contributed by atoms with Gasteiger partial charge in [-0.2, -0.15) is 0 Å². The molecule has 0 atom stereocenters. The van der Waals surface area contributed by atoms with E-state index < -0.39 is 34.4 Å². The molecular weight excluding hydrogens is 321 g/mol. The number of hydrogen-bond donors (Lipinski definition) is 1. The molecule has 0 aliphatic carbocycles. The van der Waals surface area contributed by atoms with Gasteiger partial charge in [-0.05, 0) is 18.2 Å². The molecule has 1 aromatic heterocycles. The number of halogens is 1. The normalized spacial score (nSPS) is 14.1. The SMILES string of the molecule is O=C(Nc1ccccc1F)C1CN(C(=O)c2ccc([N+](=O)[O-])o2)C1. The first-order valence-electron chi connectivity index (χ1n) is 7.04. The number of furan rings is 1. The Hall–Kier alpha value is -3.23. The molecule has 3 rings (SSSR count). The Kier molecular flexibility index (Phi) is 3.98. The van der Waals surface area contributed by atoms with Gasteiger partial charge >= 0.3 is 5.88 Å². The highest BCUT2D eigenvalue weighted by Gasteiger charge is 2.37. The average molecular weight is 333 g/mol. The summed E-state index contributed by atoms with van der Waals surface area (Å²) < 4.78 is 18.3. The van der Waals surface area contributed by atoms with Crippen LogP contribution in [0.5, 0.6) is 0 Å². The minimum absolute atomic E-state index is 0.0777. The van der Waals surface area contributed by atoms with E-state index in [0.717, 1.165) is 6.07 Å². The molecule has 8 nitrogen and oxygen atoms in total. The number of nitro groups is 1. The van der Waals surface area contributed by atoms with Crippen molar-refractivity contribution >= 4 is 23.4 Å². The second-order valence-electron chi connectivity index (χ2n) is 5.27. The molecule has 0 unspecified atom stereocenters. The number of carbonyl (C=O) groups is 2. The van der Waals surface area contributed by atoms with Gasteiger partial charge in [0.15, 0.2) is 5.76 Å². The number of likely N-dealkylation sites (tertiary alicyclic amines) is 1. The van der Waals surface area contributed by atoms with Gasteiger partial charge in [0.2, 0.25) is 5.91 Å². The van der Waals surface area contributed by atoms with E-state index in [1.165, 1.54) is 29.2 Å². The zero-order valence-electron chi connectivity index (χ0n) is 12.3. The highest BCUT2D eigenvalue weighted by molar-refractivity contribution is 5.97. The first kappa shape index (κ1) is 15.7. The number of nitrogens with one attached hydrogen (secondary N) is 1. The molecule has 1 aliphatic rings. The lowest BCUT2D eigenvalue weighted by molar-refractivity contribution is -0.402. The van der Waals surface area contributed by atoms with Crippen LogP contribution in [-0.4, -0.2) is 34.7 Å². The van der Waals surface area contributed by atoms with E-state index >= 15 is 0 Å². The molecule has 0 radical (unpaired) electrons. The summed E-state index contributed by atoms with van der Waals surface area (Å²) in [5.41, 5.74) is 0.0777. The van der Waals surface area contributed by atoms with Gasteiger partial charge in [0.1, 0.15) is 10.7 Å². The molecule has 1 aliphatic heterocycles. The van der Waals surface area contributed by atoms with Crippen LogP contribution in [-0.2, 0) is 4.79 Å². The summed E-state index contributed by atoms with van der Waals surface area (Å²) >= 11 is 0. The van der Waals surface area contributed by atoms with E-state index in [9.17, 15) is 24.1 Å².